The smallest absolute Gasteiger partial charge is 0.257 e. The third-order valence-electron chi connectivity index (χ3n) is 2.77. The molecule has 0 atom stereocenters. The molecule has 0 saturated carbocycles. The summed E-state index contributed by atoms with van der Waals surface area (Å²) in [5, 5.41) is 4.57. The minimum atomic E-state index is -0.272. The van der Waals surface area contributed by atoms with Crippen molar-refractivity contribution in [2.24, 2.45) is 0 Å². The summed E-state index contributed by atoms with van der Waals surface area (Å²) in [6.07, 6.45) is 0.953. The first kappa shape index (κ1) is 15.4. The number of hydrogen-bond donors (Lipinski definition) is 1. The first-order chi connectivity index (χ1) is 9.60. The molecule has 0 aliphatic heterocycles. The second-order valence-corrected chi connectivity index (χ2v) is 5.85. The van der Waals surface area contributed by atoms with Gasteiger partial charge in [-0.15, -0.1) is 0 Å². The monoisotopic (exact) mass is 371 g/mol. The molecule has 0 saturated heterocycles. The largest absolute Gasteiger partial charge is 0.322 e. The zero-order valence-electron chi connectivity index (χ0n) is 10.5. The summed E-state index contributed by atoms with van der Waals surface area (Å²) in [5.74, 6) is -0.272. The molecule has 0 heterocycles. The lowest BCUT2D eigenvalue weighted by molar-refractivity contribution is 0.102. The average Bonchev–Trinajstić information content (AvgIpc) is 2.44. The van der Waals surface area contributed by atoms with E-state index in [1.807, 2.05) is 24.3 Å². The van der Waals surface area contributed by atoms with E-state index in [2.05, 4.69) is 21.2 Å². The number of hydrogen-bond acceptors (Lipinski definition) is 1. The van der Waals surface area contributed by atoms with E-state index in [4.69, 9.17) is 23.2 Å². The summed E-state index contributed by atoms with van der Waals surface area (Å²) in [7, 11) is 0. The summed E-state index contributed by atoms with van der Waals surface area (Å²) in [4.78, 5) is 12.1. The number of halogens is 3. The SMILES string of the molecule is O=C(Nc1ccc(CCBr)cc1)c1cc(Cl)ccc1Cl. The third-order valence-corrected chi connectivity index (χ3v) is 3.73. The van der Waals surface area contributed by atoms with Gasteiger partial charge >= 0.3 is 0 Å². The van der Waals surface area contributed by atoms with E-state index in [-0.39, 0.29) is 5.91 Å². The van der Waals surface area contributed by atoms with Crippen LogP contribution in [0.2, 0.25) is 10.0 Å². The highest BCUT2D eigenvalue weighted by Gasteiger charge is 2.11. The molecule has 2 rings (SSSR count). The highest BCUT2D eigenvalue weighted by molar-refractivity contribution is 9.09. The molecule has 2 nitrogen and oxygen atoms in total. The standard InChI is InChI=1S/C15H12BrCl2NO/c16-8-7-10-1-4-12(5-2-10)19-15(20)13-9-11(17)3-6-14(13)18/h1-6,9H,7-8H2,(H,19,20). The predicted octanol–water partition coefficient (Wildman–Crippen LogP) is 5.18. The van der Waals surface area contributed by atoms with Gasteiger partial charge in [0.1, 0.15) is 0 Å². The third kappa shape index (κ3) is 3.98. The molecule has 1 amide bonds. The number of anilines is 1. The van der Waals surface area contributed by atoms with Crippen LogP contribution in [0.1, 0.15) is 15.9 Å². The van der Waals surface area contributed by atoms with E-state index in [1.165, 1.54) is 5.56 Å². The van der Waals surface area contributed by atoms with Crippen molar-refractivity contribution < 1.29 is 4.79 Å². The van der Waals surface area contributed by atoms with Crippen LogP contribution in [-0.4, -0.2) is 11.2 Å². The number of carbonyl (C=O) groups excluding carboxylic acids is 1. The molecule has 104 valence electrons. The Morgan fingerprint density at radius 2 is 1.80 bits per heavy atom. The Kier molecular flexibility index (Phi) is 5.46. The molecule has 5 heteroatoms. The van der Waals surface area contributed by atoms with Crippen LogP contribution in [0.5, 0.6) is 0 Å². The molecule has 0 spiro atoms. The number of alkyl halides is 1. The lowest BCUT2D eigenvalue weighted by atomic mass is 10.1. The van der Waals surface area contributed by atoms with E-state index in [0.717, 1.165) is 17.4 Å². The van der Waals surface area contributed by atoms with Crippen LogP contribution in [0.25, 0.3) is 0 Å². The molecule has 20 heavy (non-hydrogen) atoms. The lowest BCUT2D eigenvalue weighted by Crippen LogP contribution is -2.12. The van der Waals surface area contributed by atoms with Gasteiger partial charge in [0.25, 0.3) is 5.91 Å². The van der Waals surface area contributed by atoms with E-state index in [0.29, 0.717) is 15.6 Å². The summed E-state index contributed by atoms with van der Waals surface area (Å²) < 4.78 is 0. The molecule has 2 aromatic carbocycles. The second-order valence-electron chi connectivity index (χ2n) is 4.21. The quantitative estimate of drug-likeness (QED) is 0.735. The van der Waals surface area contributed by atoms with E-state index < -0.39 is 0 Å². The summed E-state index contributed by atoms with van der Waals surface area (Å²) in [5.41, 5.74) is 2.30. The van der Waals surface area contributed by atoms with Gasteiger partial charge in [0, 0.05) is 16.0 Å². The van der Waals surface area contributed by atoms with Gasteiger partial charge in [-0.2, -0.15) is 0 Å². The normalized spacial score (nSPS) is 10.3. The lowest BCUT2D eigenvalue weighted by Gasteiger charge is -2.08. The molecule has 0 aliphatic rings. The zero-order chi connectivity index (χ0) is 14.5. The Bertz CT molecular complexity index is 614. The first-order valence-corrected chi connectivity index (χ1v) is 7.89. The van der Waals surface area contributed by atoms with Crippen LogP contribution in [-0.2, 0) is 6.42 Å². The molecule has 0 bridgehead atoms. The molecule has 2 aromatic rings. The van der Waals surface area contributed by atoms with Crippen molar-refractivity contribution in [2.75, 3.05) is 10.6 Å². The van der Waals surface area contributed by atoms with Crippen molar-refractivity contribution >= 4 is 50.7 Å². The molecule has 0 aliphatic carbocycles. The molecular weight excluding hydrogens is 361 g/mol. The van der Waals surface area contributed by atoms with Crippen LogP contribution in [0.4, 0.5) is 5.69 Å². The van der Waals surface area contributed by atoms with Crippen molar-refractivity contribution in [1.82, 2.24) is 0 Å². The molecule has 0 radical (unpaired) electrons. The Balaban J connectivity index is 2.13. The minimum absolute atomic E-state index is 0.272. The van der Waals surface area contributed by atoms with Crippen molar-refractivity contribution in [3.8, 4) is 0 Å². The predicted molar refractivity (Wildman–Crippen MR) is 88.4 cm³/mol. The number of carbonyl (C=O) groups is 1. The maximum absolute atomic E-state index is 12.1. The van der Waals surface area contributed by atoms with Crippen molar-refractivity contribution in [2.45, 2.75) is 6.42 Å². The minimum Gasteiger partial charge on any atom is -0.322 e. The van der Waals surface area contributed by atoms with E-state index in [9.17, 15) is 4.79 Å². The second kappa shape index (κ2) is 7.11. The fraction of sp³-hybridized carbons (Fsp3) is 0.133. The van der Waals surface area contributed by atoms with Crippen LogP contribution in [0.15, 0.2) is 42.5 Å². The van der Waals surface area contributed by atoms with Gasteiger partial charge in [0.2, 0.25) is 0 Å². The topological polar surface area (TPSA) is 29.1 Å². The molecule has 0 unspecified atom stereocenters. The fourth-order valence-corrected chi connectivity index (χ4v) is 2.57. The molecular formula is C15H12BrCl2NO. The van der Waals surface area contributed by atoms with Gasteiger partial charge in [-0.05, 0) is 42.3 Å². The van der Waals surface area contributed by atoms with Crippen LogP contribution in [0, 0.1) is 0 Å². The van der Waals surface area contributed by atoms with Gasteiger partial charge in [-0.3, -0.25) is 4.79 Å². The molecule has 1 N–H and O–H groups in total. The van der Waals surface area contributed by atoms with Gasteiger partial charge in [-0.25, -0.2) is 0 Å². The van der Waals surface area contributed by atoms with Gasteiger partial charge in [0.15, 0.2) is 0 Å². The Hall–Kier alpha value is -1.03. The highest BCUT2D eigenvalue weighted by Crippen LogP contribution is 2.22. The van der Waals surface area contributed by atoms with Crippen molar-refractivity contribution in [3.05, 3.63) is 63.6 Å². The van der Waals surface area contributed by atoms with Crippen molar-refractivity contribution in [3.63, 3.8) is 0 Å². The number of benzene rings is 2. The van der Waals surface area contributed by atoms with Gasteiger partial charge in [-0.1, -0.05) is 51.3 Å². The molecule has 0 fully saturated rings. The van der Waals surface area contributed by atoms with Crippen molar-refractivity contribution in [1.29, 1.82) is 0 Å². The summed E-state index contributed by atoms with van der Waals surface area (Å²) in [6, 6.07) is 12.5. The summed E-state index contributed by atoms with van der Waals surface area (Å²) >= 11 is 15.3. The van der Waals surface area contributed by atoms with Gasteiger partial charge in [0.05, 0.1) is 10.6 Å². The fourth-order valence-electron chi connectivity index (χ4n) is 1.73. The zero-order valence-corrected chi connectivity index (χ0v) is 13.6. The number of rotatable bonds is 4. The Labute approximate surface area is 136 Å². The number of amides is 1. The molecule has 0 aromatic heterocycles. The maximum atomic E-state index is 12.1. The maximum Gasteiger partial charge on any atom is 0.257 e. The Morgan fingerprint density at radius 1 is 1.10 bits per heavy atom. The average molecular weight is 373 g/mol. The van der Waals surface area contributed by atoms with Gasteiger partial charge < -0.3 is 5.32 Å². The van der Waals surface area contributed by atoms with Crippen LogP contribution >= 0.6 is 39.1 Å². The number of nitrogens with one attached hydrogen (secondary N) is 1. The van der Waals surface area contributed by atoms with Crippen LogP contribution in [0.3, 0.4) is 0 Å². The summed E-state index contributed by atoms with van der Waals surface area (Å²) in [6.45, 7) is 0. The first-order valence-electron chi connectivity index (χ1n) is 6.01. The van der Waals surface area contributed by atoms with E-state index in [1.54, 1.807) is 18.2 Å². The Morgan fingerprint density at radius 3 is 2.45 bits per heavy atom. The highest BCUT2D eigenvalue weighted by atomic mass is 79.9. The van der Waals surface area contributed by atoms with Crippen LogP contribution < -0.4 is 5.32 Å². The number of aryl methyl sites for hydroxylation is 1. The van der Waals surface area contributed by atoms with E-state index >= 15 is 0 Å².